The predicted molar refractivity (Wildman–Crippen MR) is 71.2 cm³/mol. The van der Waals surface area contributed by atoms with E-state index in [1.165, 1.54) is 56.9 Å². The van der Waals surface area contributed by atoms with Gasteiger partial charge < -0.3 is 0 Å². The molecule has 0 amide bonds. The van der Waals surface area contributed by atoms with Crippen LogP contribution in [-0.2, 0) is 0 Å². The van der Waals surface area contributed by atoms with Gasteiger partial charge in [0.2, 0.25) is 0 Å². The minimum atomic E-state index is 1.25. The lowest BCUT2D eigenvalue weighted by atomic mass is 10.1. The van der Waals surface area contributed by atoms with Gasteiger partial charge in [0, 0.05) is 0 Å². The minimum Gasteiger partial charge on any atom is -0.0847 e. The van der Waals surface area contributed by atoms with Crippen LogP contribution in [-0.4, -0.2) is 0 Å². The molecule has 0 aliphatic heterocycles. The first-order valence-electron chi connectivity index (χ1n) is 6.60. The zero-order valence-electron chi connectivity index (χ0n) is 10.9. The summed E-state index contributed by atoms with van der Waals surface area (Å²) < 4.78 is 0. The molecule has 0 saturated heterocycles. The van der Waals surface area contributed by atoms with Gasteiger partial charge in [0.05, 0.1) is 0 Å². The fraction of sp³-hybridized carbons (Fsp3) is 0.733. The van der Waals surface area contributed by atoms with E-state index in [2.05, 4.69) is 39.0 Å². The van der Waals surface area contributed by atoms with Gasteiger partial charge >= 0.3 is 0 Å². The molecule has 0 aromatic carbocycles. The summed E-state index contributed by atoms with van der Waals surface area (Å²) in [6.07, 6.45) is 17.8. The topological polar surface area (TPSA) is 0 Å². The van der Waals surface area contributed by atoms with E-state index in [1.807, 2.05) is 0 Å². The first kappa shape index (κ1) is 14.5. The third kappa shape index (κ3) is 11.4. The van der Waals surface area contributed by atoms with Crippen molar-refractivity contribution in [1.29, 1.82) is 0 Å². The zero-order valence-corrected chi connectivity index (χ0v) is 10.9. The van der Waals surface area contributed by atoms with Crippen molar-refractivity contribution in [2.75, 3.05) is 0 Å². The van der Waals surface area contributed by atoms with Crippen LogP contribution >= 0.6 is 0 Å². The van der Waals surface area contributed by atoms with Gasteiger partial charge in [-0.1, -0.05) is 69.2 Å². The third-order valence-corrected chi connectivity index (χ3v) is 2.81. The van der Waals surface area contributed by atoms with Crippen LogP contribution in [0.25, 0.3) is 0 Å². The Balaban J connectivity index is 3.14. The molecule has 0 saturated carbocycles. The van der Waals surface area contributed by atoms with E-state index in [-0.39, 0.29) is 0 Å². The molecule has 0 bridgehead atoms. The molecule has 0 N–H and O–H groups in total. The maximum atomic E-state index is 2.31. The van der Waals surface area contributed by atoms with Crippen molar-refractivity contribution in [2.24, 2.45) is 0 Å². The van der Waals surface area contributed by atoms with E-state index < -0.39 is 0 Å². The summed E-state index contributed by atoms with van der Waals surface area (Å²) in [5.74, 6) is 0. The second-order valence-electron chi connectivity index (χ2n) is 4.35. The fourth-order valence-electron chi connectivity index (χ4n) is 1.58. The summed E-state index contributed by atoms with van der Waals surface area (Å²) in [4.78, 5) is 0. The summed E-state index contributed by atoms with van der Waals surface area (Å²) in [6, 6.07) is 0. The number of unbranched alkanes of at least 4 members (excludes halogenated alkanes) is 7. The highest BCUT2D eigenvalue weighted by molar-refractivity contribution is 5.14. The SMILES string of the molecule is CC=C(C)C=CCCCCCCCCC. The summed E-state index contributed by atoms with van der Waals surface area (Å²) in [5.41, 5.74) is 1.37. The molecule has 0 unspecified atom stereocenters. The first-order chi connectivity index (χ1) is 7.31. The van der Waals surface area contributed by atoms with Gasteiger partial charge in [-0.05, 0) is 26.7 Å². The summed E-state index contributed by atoms with van der Waals surface area (Å²) >= 11 is 0. The number of rotatable bonds is 9. The van der Waals surface area contributed by atoms with E-state index in [1.54, 1.807) is 0 Å². The van der Waals surface area contributed by atoms with E-state index in [4.69, 9.17) is 0 Å². The maximum absolute atomic E-state index is 2.31. The monoisotopic (exact) mass is 208 g/mol. The highest BCUT2D eigenvalue weighted by Crippen LogP contribution is 2.09. The Bertz CT molecular complexity index is 174. The zero-order chi connectivity index (χ0) is 11.4. The average Bonchev–Trinajstić information content (AvgIpc) is 2.26. The molecular formula is C15H28. The van der Waals surface area contributed by atoms with Gasteiger partial charge in [0.15, 0.2) is 0 Å². The Morgan fingerprint density at radius 1 is 0.933 bits per heavy atom. The smallest absolute Gasteiger partial charge is 0.0348 e. The van der Waals surface area contributed by atoms with Crippen LogP contribution in [0.1, 0.15) is 72.1 Å². The molecule has 0 spiro atoms. The molecule has 0 radical (unpaired) electrons. The van der Waals surface area contributed by atoms with Crippen LogP contribution in [0.5, 0.6) is 0 Å². The Labute approximate surface area is 96.5 Å². The molecule has 0 heteroatoms. The molecule has 0 aliphatic rings. The molecule has 0 aromatic rings. The number of hydrogen-bond acceptors (Lipinski definition) is 0. The minimum absolute atomic E-state index is 1.25. The van der Waals surface area contributed by atoms with E-state index >= 15 is 0 Å². The molecule has 0 nitrogen and oxygen atoms in total. The molecule has 88 valence electrons. The molecule has 0 atom stereocenters. The van der Waals surface area contributed by atoms with Gasteiger partial charge in [-0.15, -0.1) is 0 Å². The molecule has 0 aliphatic carbocycles. The van der Waals surface area contributed by atoms with Gasteiger partial charge in [-0.25, -0.2) is 0 Å². The third-order valence-electron chi connectivity index (χ3n) is 2.81. The summed E-state index contributed by atoms with van der Waals surface area (Å²) in [6.45, 7) is 6.52. The summed E-state index contributed by atoms with van der Waals surface area (Å²) in [7, 11) is 0. The number of allylic oxidation sites excluding steroid dienone is 4. The van der Waals surface area contributed by atoms with E-state index in [0.29, 0.717) is 0 Å². The van der Waals surface area contributed by atoms with Gasteiger partial charge in [0.1, 0.15) is 0 Å². The Morgan fingerprint density at radius 3 is 2.13 bits per heavy atom. The van der Waals surface area contributed by atoms with Crippen molar-refractivity contribution in [2.45, 2.75) is 72.1 Å². The molecular weight excluding hydrogens is 180 g/mol. The second-order valence-corrected chi connectivity index (χ2v) is 4.35. The molecule has 15 heavy (non-hydrogen) atoms. The molecule has 0 rings (SSSR count). The maximum Gasteiger partial charge on any atom is -0.0348 e. The standard InChI is InChI=1S/C15H28/c1-4-6-7-8-9-10-11-12-13-14-15(3)5-2/h5,13-14H,4,6-12H2,1-3H3. The quantitative estimate of drug-likeness (QED) is 0.339. The van der Waals surface area contributed by atoms with Crippen LogP contribution in [0.4, 0.5) is 0 Å². The first-order valence-corrected chi connectivity index (χ1v) is 6.60. The van der Waals surface area contributed by atoms with Crippen molar-refractivity contribution in [3.8, 4) is 0 Å². The van der Waals surface area contributed by atoms with E-state index in [0.717, 1.165) is 0 Å². The van der Waals surface area contributed by atoms with Crippen molar-refractivity contribution in [1.82, 2.24) is 0 Å². The van der Waals surface area contributed by atoms with Crippen LogP contribution in [0.15, 0.2) is 23.8 Å². The largest absolute Gasteiger partial charge is 0.0847 e. The molecule has 0 fully saturated rings. The molecule has 0 aromatic heterocycles. The van der Waals surface area contributed by atoms with Gasteiger partial charge in [-0.2, -0.15) is 0 Å². The van der Waals surface area contributed by atoms with Crippen molar-refractivity contribution >= 4 is 0 Å². The van der Waals surface area contributed by atoms with E-state index in [9.17, 15) is 0 Å². The predicted octanol–water partition coefficient (Wildman–Crippen LogP) is 5.65. The van der Waals surface area contributed by atoms with Crippen LogP contribution in [0, 0.1) is 0 Å². The summed E-state index contributed by atoms with van der Waals surface area (Å²) in [5, 5.41) is 0. The lowest BCUT2D eigenvalue weighted by molar-refractivity contribution is 0.592. The Morgan fingerprint density at radius 2 is 1.53 bits per heavy atom. The lowest BCUT2D eigenvalue weighted by Gasteiger charge is -1.98. The normalized spacial score (nSPS) is 12.6. The molecule has 0 heterocycles. The van der Waals surface area contributed by atoms with Crippen molar-refractivity contribution in [3.05, 3.63) is 23.8 Å². The van der Waals surface area contributed by atoms with Crippen molar-refractivity contribution < 1.29 is 0 Å². The van der Waals surface area contributed by atoms with Gasteiger partial charge in [-0.3, -0.25) is 0 Å². The lowest BCUT2D eigenvalue weighted by Crippen LogP contribution is -1.79. The second kappa shape index (κ2) is 11.6. The van der Waals surface area contributed by atoms with Crippen LogP contribution < -0.4 is 0 Å². The highest BCUT2D eigenvalue weighted by Gasteiger charge is 1.89. The van der Waals surface area contributed by atoms with Gasteiger partial charge in [0.25, 0.3) is 0 Å². The average molecular weight is 208 g/mol. The number of hydrogen-bond donors (Lipinski definition) is 0. The Hall–Kier alpha value is -0.520. The van der Waals surface area contributed by atoms with Crippen LogP contribution in [0.3, 0.4) is 0 Å². The fourth-order valence-corrected chi connectivity index (χ4v) is 1.58. The highest BCUT2D eigenvalue weighted by atomic mass is 14.0. The Kier molecular flexibility index (Phi) is 11.2. The van der Waals surface area contributed by atoms with Crippen molar-refractivity contribution in [3.63, 3.8) is 0 Å². The van der Waals surface area contributed by atoms with Crippen LogP contribution in [0.2, 0.25) is 0 Å².